The van der Waals surface area contributed by atoms with Crippen LogP contribution >= 0.6 is 0 Å². The average molecular weight is 275 g/mol. The number of aromatic nitrogens is 2. The van der Waals surface area contributed by atoms with Gasteiger partial charge in [-0.25, -0.2) is 4.79 Å². The van der Waals surface area contributed by atoms with E-state index >= 15 is 0 Å². The number of aromatic amines is 2. The van der Waals surface area contributed by atoms with Crippen LogP contribution in [0.3, 0.4) is 0 Å². The van der Waals surface area contributed by atoms with Crippen LogP contribution in [0.25, 0.3) is 0 Å². The predicted molar refractivity (Wildman–Crippen MR) is 71.6 cm³/mol. The second kappa shape index (κ2) is 5.43. The Morgan fingerprint density at radius 1 is 1.20 bits per heavy atom. The van der Waals surface area contributed by atoms with Gasteiger partial charge in [-0.05, 0) is 17.7 Å². The number of amides is 1. The van der Waals surface area contributed by atoms with Gasteiger partial charge in [0.25, 0.3) is 11.5 Å². The molecular weight excluding hydrogens is 262 g/mol. The Morgan fingerprint density at radius 3 is 2.45 bits per heavy atom. The summed E-state index contributed by atoms with van der Waals surface area (Å²) in [6.45, 7) is 0.286. The maximum atomic E-state index is 12.1. The van der Waals surface area contributed by atoms with Crippen molar-refractivity contribution in [1.82, 2.24) is 14.9 Å². The molecule has 0 aliphatic heterocycles. The molecule has 0 aliphatic carbocycles. The van der Waals surface area contributed by atoms with Gasteiger partial charge in [0.05, 0.1) is 0 Å². The molecule has 104 valence electrons. The van der Waals surface area contributed by atoms with Crippen molar-refractivity contribution in [2.45, 2.75) is 6.54 Å². The first-order valence-electron chi connectivity index (χ1n) is 5.83. The lowest BCUT2D eigenvalue weighted by Crippen LogP contribution is -2.32. The number of carbonyl (C=O) groups is 1. The molecule has 1 aromatic carbocycles. The number of nitrogens with zero attached hydrogens (tertiary/aromatic N) is 1. The van der Waals surface area contributed by atoms with Crippen molar-refractivity contribution >= 4 is 5.91 Å². The molecule has 0 unspecified atom stereocenters. The molecule has 0 spiro atoms. The summed E-state index contributed by atoms with van der Waals surface area (Å²) in [4.78, 5) is 40.0. The summed E-state index contributed by atoms with van der Waals surface area (Å²) in [5, 5.41) is 9.18. The van der Waals surface area contributed by atoms with E-state index in [1.165, 1.54) is 17.0 Å². The molecule has 0 aliphatic rings. The Balaban J connectivity index is 2.18. The standard InChI is InChI=1S/C13H13N3O4/c1-16(7-8-2-4-9(17)5-3-8)12(19)10-6-11(18)15-13(20)14-10/h2-6,17H,7H2,1H3,(H2,14,15,18,20). The molecule has 7 heteroatoms. The molecule has 1 amide bonds. The zero-order valence-corrected chi connectivity index (χ0v) is 10.7. The van der Waals surface area contributed by atoms with Gasteiger partial charge in [0.15, 0.2) is 0 Å². The Hall–Kier alpha value is -2.83. The first-order valence-corrected chi connectivity index (χ1v) is 5.83. The largest absolute Gasteiger partial charge is 0.508 e. The molecule has 0 saturated carbocycles. The quantitative estimate of drug-likeness (QED) is 0.735. The van der Waals surface area contributed by atoms with Crippen molar-refractivity contribution in [3.05, 3.63) is 62.4 Å². The summed E-state index contributed by atoms with van der Waals surface area (Å²) in [6.07, 6.45) is 0. The van der Waals surface area contributed by atoms with Crippen LogP contribution < -0.4 is 11.2 Å². The molecular formula is C13H13N3O4. The highest BCUT2D eigenvalue weighted by Gasteiger charge is 2.13. The number of phenolic OH excluding ortho intramolecular Hbond substituents is 1. The molecule has 0 bridgehead atoms. The summed E-state index contributed by atoms with van der Waals surface area (Å²) < 4.78 is 0. The number of hydrogen-bond acceptors (Lipinski definition) is 4. The Kier molecular flexibility index (Phi) is 3.69. The summed E-state index contributed by atoms with van der Waals surface area (Å²) >= 11 is 0. The molecule has 0 atom stereocenters. The summed E-state index contributed by atoms with van der Waals surface area (Å²) in [5.41, 5.74) is -0.611. The van der Waals surface area contributed by atoms with Crippen LogP contribution in [0.5, 0.6) is 5.75 Å². The van der Waals surface area contributed by atoms with Crippen LogP contribution in [0.1, 0.15) is 16.1 Å². The molecule has 2 aromatic rings. The van der Waals surface area contributed by atoms with Gasteiger partial charge < -0.3 is 15.0 Å². The normalized spacial score (nSPS) is 10.2. The molecule has 7 nitrogen and oxygen atoms in total. The van der Waals surface area contributed by atoms with Gasteiger partial charge in [-0.3, -0.25) is 14.6 Å². The van der Waals surface area contributed by atoms with Crippen LogP contribution in [-0.4, -0.2) is 32.9 Å². The van der Waals surface area contributed by atoms with Crippen LogP contribution in [0.4, 0.5) is 0 Å². The van der Waals surface area contributed by atoms with E-state index in [0.29, 0.717) is 0 Å². The van der Waals surface area contributed by atoms with Crippen molar-refractivity contribution in [3.63, 3.8) is 0 Å². The van der Waals surface area contributed by atoms with Crippen LogP contribution in [0.15, 0.2) is 39.9 Å². The van der Waals surface area contributed by atoms with Crippen LogP contribution in [-0.2, 0) is 6.54 Å². The molecule has 0 radical (unpaired) electrons. The van der Waals surface area contributed by atoms with Gasteiger partial charge in [0, 0.05) is 19.7 Å². The zero-order chi connectivity index (χ0) is 14.7. The maximum Gasteiger partial charge on any atom is 0.326 e. The summed E-state index contributed by atoms with van der Waals surface area (Å²) in [5.74, 6) is -0.331. The minimum absolute atomic E-state index is 0.0694. The zero-order valence-electron chi connectivity index (χ0n) is 10.7. The van der Waals surface area contributed by atoms with E-state index in [1.807, 2.05) is 4.98 Å². The van der Waals surface area contributed by atoms with E-state index in [-0.39, 0.29) is 18.0 Å². The average Bonchev–Trinajstić information content (AvgIpc) is 2.39. The second-order valence-corrected chi connectivity index (χ2v) is 4.33. The number of hydrogen-bond donors (Lipinski definition) is 3. The molecule has 2 rings (SSSR count). The second-order valence-electron chi connectivity index (χ2n) is 4.33. The third-order valence-corrected chi connectivity index (χ3v) is 2.69. The lowest BCUT2D eigenvalue weighted by Gasteiger charge is -2.16. The van der Waals surface area contributed by atoms with Gasteiger partial charge in [0.1, 0.15) is 11.4 Å². The number of rotatable bonds is 3. The minimum atomic E-state index is -0.723. The fourth-order valence-corrected chi connectivity index (χ4v) is 1.74. The lowest BCUT2D eigenvalue weighted by atomic mass is 10.2. The number of aromatic hydroxyl groups is 1. The van der Waals surface area contributed by atoms with Gasteiger partial charge in [-0.1, -0.05) is 12.1 Å². The van der Waals surface area contributed by atoms with Crippen molar-refractivity contribution in [2.75, 3.05) is 7.05 Å². The number of phenols is 1. The smallest absolute Gasteiger partial charge is 0.326 e. The predicted octanol–water partition coefficient (Wildman–Crippen LogP) is 0.0410. The lowest BCUT2D eigenvalue weighted by molar-refractivity contribution is 0.0778. The monoisotopic (exact) mass is 275 g/mol. The Morgan fingerprint density at radius 2 is 1.85 bits per heavy atom. The van der Waals surface area contributed by atoms with E-state index < -0.39 is 17.2 Å². The van der Waals surface area contributed by atoms with E-state index in [2.05, 4.69) is 4.98 Å². The minimum Gasteiger partial charge on any atom is -0.508 e. The molecule has 0 fully saturated rings. The number of benzene rings is 1. The van der Waals surface area contributed by atoms with Crippen molar-refractivity contribution in [3.8, 4) is 5.75 Å². The van der Waals surface area contributed by atoms with Crippen molar-refractivity contribution in [1.29, 1.82) is 0 Å². The van der Waals surface area contributed by atoms with Gasteiger partial charge >= 0.3 is 5.69 Å². The highest BCUT2D eigenvalue weighted by Crippen LogP contribution is 2.11. The fraction of sp³-hybridized carbons (Fsp3) is 0.154. The van der Waals surface area contributed by atoms with Gasteiger partial charge in [-0.2, -0.15) is 0 Å². The summed E-state index contributed by atoms with van der Waals surface area (Å²) in [6, 6.07) is 7.43. The Bertz CT molecular complexity index is 702. The third-order valence-electron chi connectivity index (χ3n) is 2.69. The number of carbonyl (C=O) groups excluding carboxylic acids is 1. The van der Waals surface area contributed by atoms with Gasteiger partial charge in [0.2, 0.25) is 0 Å². The highest BCUT2D eigenvalue weighted by molar-refractivity contribution is 5.91. The van der Waals surface area contributed by atoms with E-state index in [9.17, 15) is 19.5 Å². The number of H-pyrrole nitrogens is 2. The first kappa shape index (κ1) is 13.6. The maximum absolute atomic E-state index is 12.1. The summed E-state index contributed by atoms with van der Waals surface area (Å²) in [7, 11) is 1.55. The van der Waals surface area contributed by atoms with Crippen LogP contribution in [0.2, 0.25) is 0 Å². The van der Waals surface area contributed by atoms with E-state index in [0.717, 1.165) is 11.6 Å². The fourth-order valence-electron chi connectivity index (χ4n) is 1.74. The number of nitrogens with one attached hydrogen (secondary N) is 2. The first-order chi connectivity index (χ1) is 9.45. The third kappa shape index (κ3) is 3.14. The molecule has 3 N–H and O–H groups in total. The topological polar surface area (TPSA) is 106 Å². The highest BCUT2D eigenvalue weighted by atomic mass is 16.3. The molecule has 0 saturated heterocycles. The van der Waals surface area contributed by atoms with Crippen molar-refractivity contribution < 1.29 is 9.90 Å². The molecule has 20 heavy (non-hydrogen) atoms. The van der Waals surface area contributed by atoms with Crippen LogP contribution in [0, 0.1) is 0 Å². The van der Waals surface area contributed by atoms with Crippen molar-refractivity contribution in [2.24, 2.45) is 0 Å². The SMILES string of the molecule is CN(Cc1ccc(O)cc1)C(=O)c1cc(=O)[nH]c(=O)[nH]1. The van der Waals surface area contributed by atoms with E-state index in [1.54, 1.807) is 19.2 Å². The Labute approximate surface area is 113 Å². The van der Waals surface area contributed by atoms with E-state index in [4.69, 9.17) is 0 Å². The van der Waals surface area contributed by atoms with Gasteiger partial charge in [-0.15, -0.1) is 0 Å². The molecule has 1 heterocycles. The molecule has 1 aromatic heterocycles.